The first-order valence-electron chi connectivity index (χ1n) is 26.4. The molecule has 0 aliphatic carbocycles. The van der Waals surface area contributed by atoms with E-state index >= 15 is 0 Å². The van der Waals surface area contributed by atoms with Crippen molar-refractivity contribution in [3.8, 4) is 0 Å². The molecule has 10 amide bonds. The van der Waals surface area contributed by atoms with Gasteiger partial charge in [-0.2, -0.15) is 25.3 Å². The quantitative estimate of drug-likeness (QED) is 0.0204. The molecule has 0 aliphatic rings. The number of nitrogens with two attached hydrogens (primary N) is 2. The highest BCUT2D eigenvalue weighted by Gasteiger charge is 2.26. The van der Waals surface area contributed by atoms with Gasteiger partial charge in [-0.3, -0.25) is 67.1 Å². The lowest BCUT2D eigenvalue weighted by molar-refractivity contribution is -0.140. The molecule has 18 N–H and O–H groups in total. The van der Waals surface area contributed by atoms with E-state index in [1.165, 1.54) is 79.6 Å². The first-order chi connectivity index (χ1) is 41.9. The lowest BCUT2D eigenvalue weighted by Crippen LogP contribution is -2.49. The van der Waals surface area contributed by atoms with Gasteiger partial charge in [-0.25, -0.2) is 0 Å². The van der Waals surface area contributed by atoms with Crippen LogP contribution >= 0.6 is 90.0 Å². The molecule has 0 radical (unpaired) electrons. The standard InChI is InChI=1S/C50H70N12O18S8/c51-33(49(77)78)1-3-37(63)61-35(47(75)59-23-39(65)66)25-87-85-15-9-57-45(73)31-19-27(41(69)53-5-11-81)17-29(21-31)43(71)55-7-13-83-84-14-8-56-44(72)30-18-28(42(70)54-6-12-82)20-32(22-30)46(74)58-10-16-86-88-26-36(48(76)60-24-40(67)68)62-38(64)4-2-34(52)50(79)80/h17-22,33-36,81-82H,1-16,23-26,51-52H2,(H,53,69)(H,54,70)(H,55,71)(H,56,72)(H,57,73)(H,58,74)(H,59,75)(H,60,76)(H,61,63)(H,62,64)(H,65,66)(H,67,68)(H,77,78)(H,79,80)/t33-,34-,35?,36?/m0/s1. The van der Waals surface area contributed by atoms with Crippen LogP contribution in [0, 0.1) is 0 Å². The summed E-state index contributed by atoms with van der Waals surface area (Å²) < 4.78 is 0. The van der Waals surface area contributed by atoms with Crippen LogP contribution in [-0.4, -0.2) is 226 Å². The van der Waals surface area contributed by atoms with Crippen LogP contribution in [0.3, 0.4) is 0 Å². The number of benzene rings is 2. The molecule has 2 aromatic carbocycles. The SMILES string of the molecule is N[C@@H](CCC(=O)NC(CSSCCNC(=O)c1cc(C(=O)NCCS)cc(C(=O)NCCSSCCNC(=O)c2cc(C(=O)NCCS)cc(C(=O)NCCSSCC(NC(=O)CC[C@H](N)C(=O)O)C(=O)NCC(=O)O)c2)c1)C(=O)NCC(=O)O)C(=O)O. The lowest BCUT2D eigenvalue weighted by Gasteiger charge is -2.18. The molecule has 0 heterocycles. The maximum Gasteiger partial charge on any atom is 0.322 e. The van der Waals surface area contributed by atoms with Gasteiger partial charge in [0, 0.05) is 132 Å². The number of hydrogen-bond donors (Lipinski definition) is 18. The van der Waals surface area contributed by atoms with Gasteiger partial charge in [0.25, 0.3) is 35.4 Å². The smallest absolute Gasteiger partial charge is 0.322 e. The monoisotopic (exact) mass is 1380 g/mol. The van der Waals surface area contributed by atoms with Crippen LogP contribution in [0.25, 0.3) is 0 Å². The van der Waals surface area contributed by atoms with Crippen molar-refractivity contribution in [1.82, 2.24) is 53.2 Å². The van der Waals surface area contributed by atoms with Crippen LogP contribution in [0.5, 0.6) is 0 Å². The number of carboxylic acid groups (broad SMARTS) is 4. The molecule has 0 saturated carbocycles. The lowest BCUT2D eigenvalue weighted by atomic mass is 10.0. The normalized spacial score (nSPS) is 12.1. The molecule has 30 nitrogen and oxygen atoms in total. The Kier molecular flexibility index (Phi) is 39.1. The second-order valence-electron chi connectivity index (χ2n) is 17.9. The molecule has 0 saturated heterocycles. The minimum atomic E-state index is -1.32. The number of carboxylic acids is 4. The third-order valence-electron chi connectivity index (χ3n) is 11.0. The molecular formula is C50H70N12O18S8. The van der Waals surface area contributed by atoms with Gasteiger partial charge < -0.3 is 85.1 Å². The van der Waals surface area contributed by atoms with E-state index in [1.54, 1.807) is 0 Å². The third kappa shape index (κ3) is 32.8. The van der Waals surface area contributed by atoms with Crippen molar-refractivity contribution < 1.29 is 87.5 Å². The molecule has 0 spiro atoms. The Morgan fingerprint density at radius 1 is 0.386 bits per heavy atom. The topological polar surface area (TPSA) is 492 Å². The van der Waals surface area contributed by atoms with Crippen molar-refractivity contribution in [2.45, 2.75) is 49.9 Å². The highest BCUT2D eigenvalue weighted by Crippen LogP contribution is 2.24. The zero-order valence-corrected chi connectivity index (χ0v) is 53.6. The molecular weight excluding hydrogens is 1310 g/mol. The fraction of sp³-hybridized carbons (Fsp3) is 0.480. The number of thiol groups is 2. The number of amides is 10. The first kappa shape index (κ1) is 77.8. The van der Waals surface area contributed by atoms with E-state index in [2.05, 4.69) is 78.4 Å². The van der Waals surface area contributed by atoms with Crippen LogP contribution in [0.1, 0.15) is 87.8 Å². The van der Waals surface area contributed by atoms with Crippen molar-refractivity contribution in [2.24, 2.45) is 11.5 Å². The molecule has 2 rings (SSSR count). The number of carbonyl (C=O) groups is 14. The van der Waals surface area contributed by atoms with E-state index in [0.29, 0.717) is 23.0 Å². The van der Waals surface area contributed by atoms with Crippen molar-refractivity contribution in [3.63, 3.8) is 0 Å². The Bertz CT molecular complexity index is 2590. The van der Waals surface area contributed by atoms with Gasteiger partial charge in [0.15, 0.2) is 0 Å². The van der Waals surface area contributed by atoms with E-state index in [-0.39, 0.29) is 121 Å². The summed E-state index contributed by atoms with van der Waals surface area (Å²) in [5.41, 5.74) is 11.0. The fourth-order valence-electron chi connectivity index (χ4n) is 6.58. The summed E-state index contributed by atoms with van der Waals surface area (Å²) in [6, 6.07) is 2.96. The summed E-state index contributed by atoms with van der Waals surface area (Å²) in [4.78, 5) is 174. The largest absolute Gasteiger partial charge is 0.480 e. The Morgan fingerprint density at radius 2 is 0.636 bits per heavy atom. The zero-order chi connectivity index (χ0) is 65.6. The van der Waals surface area contributed by atoms with Crippen LogP contribution in [0.15, 0.2) is 36.4 Å². The van der Waals surface area contributed by atoms with Crippen molar-refractivity contribution in [2.75, 3.05) is 98.4 Å². The molecule has 88 heavy (non-hydrogen) atoms. The van der Waals surface area contributed by atoms with E-state index < -0.39 is 120 Å². The Labute approximate surface area is 539 Å². The molecule has 0 bridgehead atoms. The molecule has 2 aromatic rings. The number of nitrogens with one attached hydrogen (secondary N) is 10. The summed E-state index contributed by atoms with van der Waals surface area (Å²) in [5.74, 6) is -9.77. The molecule has 2 unspecified atom stereocenters. The molecule has 0 aromatic heterocycles. The highest BCUT2D eigenvalue weighted by atomic mass is 33.1. The first-order valence-corrected chi connectivity index (χ1v) is 35.1. The van der Waals surface area contributed by atoms with E-state index in [0.717, 1.165) is 21.6 Å². The second-order valence-corrected chi connectivity index (χ2v) is 26.7. The van der Waals surface area contributed by atoms with Crippen LogP contribution in [-0.2, 0) is 38.4 Å². The van der Waals surface area contributed by atoms with Gasteiger partial charge >= 0.3 is 23.9 Å². The van der Waals surface area contributed by atoms with Crippen LogP contribution < -0.4 is 64.6 Å². The Hall–Kier alpha value is -6.26. The van der Waals surface area contributed by atoms with Gasteiger partial charge in [0.2, 0.25) is 23.6 Å². The predicted molar refractivity (Wildman–Crippen MR) is 344 cm³/mol. The molecule has 0 aliphatic heterocycles. The molecule has 4 atom stereocenters. The van der Waals surface area contributed by atoms with E-state index in [4.69, 9.17) is 31.9 Å². The fourth-order valence-corrected chi connectivity index (χ4v) is 12.8. The molecule has 486 valence electrons. The van der Waals surface area contributed by atoms with Crippen LogP contribution in [0.2, 0.25) is 0 Å². The highest BCUT2D eigenvalue weighted by molar-refractivity contribution is 8.77. The summed E-state index contributed by atoms with van der Waals surface area (Å²) in [5, 5.41) is 61.3. The van der Waals surface area contributed by atoms with Crippen molar-refractivity contribution in [3.05, 3.63) is 69.8 Å². The molecule has 38 heteroatoms. The zero-order valence-electron chi connectivity index (χ0n) is 46.9. The van der Waals surface area contributed by atoms with Gasteiger partial charge in [0.05, 0.1) is 0 Å². The van der Waals surface area contributed by atoms with Gasteiger partial charge in [-0.1, -0.05) is 64.8 Å². The van der Waals surface area contributed by atoms with Gasteiger partial charge in [-0.15, -0.1) is 0 Å². The minimum Gasteiger partial charge on any atom is -0.480 e. The Morgan fingerprint density at radius 3 is 0.875 bits per heavy atom. The third-order valence-corrected chi connectivity index (χ3v) is 18.7. The average Bonchev–Trinajstić information content (AvgIpc) is 2.79. The maximum absolute atomic E-state index is 13.4. The van der Waals surface area contributed by atoms with Gasteiger partial charge in [-0.05, 0) is 49.2 Å². The van der Waals surface area contributed by atoms with E-state index in [1.807, 2.05) is 0 Å². The van der Waals surface area contributed by atoms with Crippen molar-refractivity contribution >= 4 is 173 Å². The number of aliphatic carboxylic acids is 4. The number of rotatable bonds is 45. The predicted octanol–water partition coefficient (Wildman–Crippen LogP) is -1.48. The van der Waals surface area contributed by atoms with Crippen molar-refractivity contribution in [1.29, 1.82) is 0 Å². The summed E-state index contributed by atoms with van der Waals surface area (Å²) in [6.07, 6.45) is -1.02. The summed E-state index contributed by atoms with van der Waals surface area (Å²) in [6.45, 7) is -0.540. The molecule has 0 fully saturated rings. The second kappa shape index (κ2) is 44.2. The van der Waals surface area contributed by atoms with Crippen LogP contribution in [0.4, 0.5) is 0 Å². The average molecular weight is 1380 g/mol. The Balaban J connectivity index is 1.95. The summed E-state index contributed by atoms with van der Waals surface area (Å²) in [7, 11) is 7.41. The number of carbonyl (C=O) groups excluding carboxylic acids is 10. The maximum atomic E-state index is 13.4. The van der Waals surface area contributed by atoms with E-state index in [9.17, 15) is 67.1 Å². The van der Waals surface area contributed by atoms with Gasteiger partial charge in [0.1, 0.15) is 37.3 Å². The minimum absolute atomic E-state index is 0.000145. The number of hydrogen-bond acceptors (Lipinski definition) is 24. The summed E-state index contributed by atoms with van der Waals surface area (Å²) >= 11 is 8.22.